The van der Waals surface area contributed by atoms with E-state index in [0.29, 0.717) is 6.42 Å². The van der Waals surface area contributed by atoms with Gasteiger partial charge in [0.1, 0.15) is 0 Å². The van der Waals surface area contributed by atoms with E-state index in [1.165, 1.54) is 19.3 Å². The Morgan fingerprint density at radius 2 is 1.68 bits per heavy atom. The molecule has 0 saturated carbocycles. The maximum Gasteiger partial charge on any atom is 0.224 e. The smallest absolute Gasteiger partial charge is 0.224 e. The Morgan fingerprint density at radius 3 is 2.26 bits per heavy atom. The number of carbonyl (C=O) groups excluding carboxylic acids is 1. The minimum atomic E-state index is 0.120. The molecule has 0 aliphatic rings. The van der Waals surface area contributed by atoms with Gasteiger partial charge in [-0.15, -0.1) is 0 Å². The number of hydrogen-bond acceptors (Lipinski definition) is 2. The molecule has 0 spiro atoms. The summed E-state index contributed by atoms with van der Waals surface area (Å²) in [6.45, 7) is 2.20. The minimum Gasteiger partial charge on any atom is -0.378 e. The molecule has 0 radical (unpaired) electrons. The molecule has 1 aromatic carbocycles. The standard InChI is InChI=1S/C16H26N2O/c1-4-5-6-7-8-9-16(19)17-14-10-12-15(13-11-14)18(2)3/h10-13H,4-9H2,1-3H3,(H,17,19). The molecule has 3 heteroatoms. The number of unbranched alkanes of at least 4 members (excludes halogenated alkanes) is 4. The molecule has 0 bridgehead atoms. The SMILES string of the molecule is CCCCCCCC(=O)Nc1ccc(N(C)C)cc1. The zero-order valence-electron chi connectivity index (χ0n) is 12.4. The van der Waals surface area contributed by atoms with Crippen molar-refractivity contribution in [1.82, 2.24) is 0 Å². The topological polar surface area (TPSA) is 32.3 Å². The molecule has 19 heavy (non-hydrogen) atoms. The van der Waals surface area contributed by atoms with Crippen LogP contribution in [0.3, 0.4) is 0 Å². The normalized spacial score (nSPS) is 10.3. The van der Waals surface area contributed by atoms with E-state index in [0.717, 1.165) is 24.2 Å². The molecule has 1 aromatic rings. The Kier molecular flexibility index (Phi) is 7.01. The molecule has 106 valence electrons. The molecule has 1 rings (SSSR count). The summed E-state index contributed by atoms with van der Waals surface area (Å²) in [6.07, 6.45) is 6.51. The highest BCUT2D eigenvalue weighted by molar-refractivity contribution is 5.90. The molecule has 0 saturated heterocycles. The second-order valence-corrected chi connectivity index (χ2v) is 5.15. The van der Waals surface area contributed by atoms with Gasteiger partial charge in [-0.25, -0.2) is 0 Å². The quantitative estimate of drug-likeness (QED) is 0.717. The van der Waals surface area contributed by atoms with Crippen LogP contribution in [0.2, 0.25) is 0 Å². The van der Waals surface area contributed by atoms with Gasteiger partial charge in [0.2, 0.25) is 5.91 Å². The van der Waals surface area contributed by atoms with E-state index in [1.54, 1.807) is 0 Å². The van der Waals surface area contributed by atoms with Crippen molar-refractivity contribution < 1.29 is 4.79 Å². The van der Waals surface area contributed by atoms with E-state index < -0.39 is 0 Å². The fourth-order valence-electron chi connectivity index (χ4n) is 1.96. The molecule has 0 atom stereocenters. The zero-order chi connectivity index (χ0) is 14.1. The van der Waals surface area contributed by atoms with Crippen LogP contribution in [0.1, 0.15) is 45.4 Å². The summed E-state index contributed by atoms with van der Waals surface area (Å²) >= 11 is 0. The lowest BCUT2D eigenvalue weighted by Crippen LogP contribution is -2.12. The number of rotatable bonds is 8. The van der Waals surface area contributed by atoms with Crippen LogP contribution in [0, 0.1) is 0 Å². The predicted octanol–water partition coefficient (Wildman–Crippen LogP) is 4.05. The Morgan fingerprint density at radius 1 is 1.05 bits per heavy atom. The van der Waals surface area contributed by atoms with Gasteiger partial charge in [0, 0.05) is 31.9 Å². The van der Waals surface area contributed by atoms with E-state index in [2.05, 4.69) is 12.2 Å². The number of carbonyl (C=O) groups is 1. The van der Waals surface area contributed by atoms with Gasteiger partial charge < -0.3 is 10.2 Å². The fraction of sp³-hybridized carbons (Fsp3) is 0.562. The molecule has 3 nitrogen and oxygen atoms in total. The maximum atomic E-state index is 11.7. The second-order valence-electron chi connectivity index (χ2n) is 5.15. The predicted molar refractivity (Wildman–Crippen MR) is 82.8 cm³/mol. The first-order valence-electron chi connectivity index (χ1n) is 7.20. The van der Waals surface area contributed by atoms with Gasteiger partial charge in [-0.2, -0.15) is 0 Å². The number of nitrogens with zero attached hydrogens (tertiary/aromatic N) is 1. The zero-order valence-corrected chi connectivity index (χ0v) is 12.4. The fourth-order valence-corrected chi connectivity index (χ4v) is 1.96. The molecule has 1 amide bonds. The Balaban J connectivity index is 2.28. The molecule has 0 unspecified atom stereocenters. The first-order chi connectivity index (χ1) is 9.13. The van der Waals surface area contributed by atoms with Gasteiger partial charge in [0.15, 0.2) is 0 Å². The average molecular weight is 262 g/mol. The lowest BCUT2D eigenvalue weighted by Gasteiger charge is -2.13. The summed E-state index contributed by atoms with van der Waals surface area (Å²) in [7, 11) is 4.01. The van der Waals surface area contributed by atoms with Crippen LogP contribution in [-0.2, 0) is 4.79 Å². The molecular formula is C16H26N2O. The highest BCUT2D eigenvalue weighted by Crippen LogP contribution is 2.16. The molecule has 0 aliphatic carbocycles. The highest BCUT2D eigenvalue weighted by atomic mass is 16.1. The third kappa shape index (κ3) is 6.27. The van der Waals surface area contributed by atoms with Gasteiger partial charge in [0.25, 0.3) is 0 Å². The Hall–Kier alpha value is -1.51. The van der Waals surface area contributed by atoms with Gasteiger partial charge in [-0.1, -0.05) is 32.6 Å². The maximum absolute atomic E-state index is 11.7. The van der Waals surface area contributed by atoms with Crippen LogP contribution < -0.4 is 10.2 Å². The summed E-state index contributed by atoms with van der Waals surface area (Å²) in [4.78, 5) is 13.8. The van der Waals surface area contributed by atoms with Crippen molar-refractivity contribution in [2.45, 2.75) is 45.4 Å². The van der Waals surface area contributed by atoms with E-state index in [1.807, 2.05) is 43.3 Å². The summed E-state index contributed by atoms with van der Waals surface area (Å²) in [5, 5.41) is 2.94. The third-order valence-electron chi connectivity index (χ3n) is 3.17. The van der Waals surface area contributed by atoms with E-state index in [-0.39, 0.29) is 5.91 Å². The van der Waals surface area contributed by atoms with Crippen LogP contribution in [0.15, 0.2) is 24.3 Å². The lowest BCUT2D eigenvalue weighted by atomic mass is 10.1. The van der Waals surface area contributed by atoms with Crippen molar-refractivity contribution in [2.75, 3.05) is 24.3 Å². The minimum absolute atomic E-state index is 0.120. The molecular weight excluding hydrogens is 236 g/mol. The van der Waals surface area contributed by atoms with Crippen molar-refractivity contribution in [3.63, 3.8) is 0 Å². The Bertz CT molecular complexity index is 371. The van der Waals surface area contributed by atoms with Crippen molar-refractivity contribution in [2.24, 2.45) is 0 Å². The van der Waals surface area contributed by atoms with E-state index in [4.69, 9.17) is 0 Å². The summed E-state index contributed by atoms with van der Waals surface area (Å²) < 4.78 is 0. The van der Waals surface area contributed by atoms with Crippen molar-refractivity contribution in [3.05, 3.63) is 24.3 Å². The van der Waals surface area contributed by atoms with E-state index >= 15 is 0 Å². The van der Waals surface area contributed by atoms with Crippen LogP contribution in [-0.4, -0.2) is 20.0 Å². The van der Waals surface area contributed by atoms with Gasteiger partial charge in [-0.3, -0.25) is 4.79 Å². The molecule has 0 fully saturated rings. The van der Waals surface area contributed by atoms with Crippen molar-refractivity contribution in [1.29, 1.82) is 0 Å². The first kappa shape index (κ1) is 15.5. The molecule has 0 aliphatic heterocycles. The molecule has 0 heterocycles. The second kappa shape index (κ2) is 8.57. The monoisotopic (exact) mass is 262 g/mol. The lowest BCUT2D eigenvalue weighted by molar-refractivity contribution is -0.116. The summed E-state index contributed by atoms with van der Waals surface area (Å²) in [5.41, 5.74) is 2.02. The largest absolute Gasteiger partial charge is 0.378 e. The van der Waals surface area contributed by atoms with Gasteiger partial charge in [0.05, 0.1) is 0 Å². The Labute approximate surface area is 117 Å². The first-order valence-corrected chi connectivity index (χ1v) is 7.20. The summed E-state index contributed by atoms with van der Waals surface area (Å²) in [6, 6.07) is 7.92. The van der Waals surface area contributed by atoms with Crippen molar-refractivity contribution in [3.8, 4) is 0 Å². The highest BCUT2D eigenvalue weighted by Gasteiger charge is 2.02. The van der Waals surface area contributed by atoms with Gasteiger partial charge in [-0.05, 0) is 30.7 Å². The number of nitrogens with one attached hydrogen (secondary N) is 1. The number of anilines is 2. The van der Waals surface area contributed by atoms with Gasteiger partial charge >= 0.3 is 0 Å². The number of benzene rings is 1. The third-order valence-corrected chi connectivity index (χ3v) is 3.17. The molecule has 0 aromatic heterocycles. The molecule has 1 N–H and O–H groups in total. The van der Waals surface area contributed by atoms with Crippen LogP contribution in [0.4, 0.5) is 11.4 Å². The average Bonchev–Trinajstić information content (AvgIpc) is 2.39. The van der Waals surface area contributed by atoms with Crippen LogP contribution in [0.25, 0.3) is 0 Å². The van der Waals surface area contributed by atoms with E-state index in [9.17, 15) is 4.79 Å². The van der Waals surface area contributed by atoms with Crippen LogP contribution >= 0.6 is 0 Å². The number of hydrogen-bond donors (Lipinski definition) is 1. The summed E-state index contributed by atoms with van der Waals surface area (Å²) in [5.74, 6) is 0.120. The van der Waals surface area contributed by atoms with Crippen molar-refractivity contribution >= 4 is 17.3 Å². The number of amides is 1. The van der Waals surface area contributed by atoms with Crippen LogP contribution in [0.5, 0.6) is 0 Å².